The Morgan fingerprint density at radius 1 is 0.941 bits per heavy atom. The molecule has 0 saturated heterocycles. The Morgan fingerprint density at radius 2 is 1.59 bits per heavy atom. The number of rotatable bonds is 16. The van der Waals surface area contributed by atoms with Gasteiger partial charge in [-0.05, 0) is 63.5 Å². The van der Waals surface area contributed by atoms with Gasteiger partial charge in [0.1, 0.15) is 6.61 Å². The minimum atomic E-state index is -0.0768. The van der Waals surface area contributed by atoms with E-state index in [0.29, 0.717) is 13.0 Å². The number of allylic oxidation sites excluding steroid dienone is 9. The van der Waals surface area contributed by atoms with Crippen LogP contribution in [0.5, 0.6) is 0 Å². The molecule has 34 heavy (non-hydrogen) atoms. The largest absolute Gasteiger partial charge is 0.461 e. The van der Waals surface area contributed by atoms with Crippen molar-refractivity contribution in [2.45, 2.75) is 125 Å². The molecule has 0 heterocycles. The van der Waals surface area contributed by atoms with Crippen molar-refractivity contribution in [3.8, 4) is 0 Å². The number of ether oxygens (including phenoxy) is 1. The normalized spacial score (nSPS) is 17.2. The third-order valence-corrected chi connectivity index (χ3v) is 6.91. The van der Waals surface area contributed by atoms with Crippen LogP contribution in [0.1, 0.15) is 125 Å². The Balaban J connectivity index is 2.26. The van der Waals surface area contributed by atoms with Crippen molar-refractivity contribution in [2.24, 2.45) is 5.41 Å². The standard InChI is InChI=1S/C32H52O2/c1-7-8-9-10-11-12-13-14-15-21-31(33)34-26-24-28(3)19-16-18-27(2)22-23-30-29(4)20-17-25-32(30,5)6/h16,18-19,22-24H,7-15,17,20-21,25-26H2,1-6H3. The van der Waals surface area contributed by atoms with E-state index >= 15 is 0 Å². The highest BCUT2D eigenvalue weighted by molar-refractivity contribution is 5.69. The molecule has 0 fully saturated rings. The molecule has 0 aromatic rings. The Morgan fingerprint density at radius 3 is 2.24 bits per heavy atom. The summed E-state index contributed by atoms with van der Waals surface area (Å²) in [5, 5.41) is 0. The van der Waals surface area contributed by atoms with Gasteiger partial charge in [0.2, 0.25) is 0 Å². The fraction of sp³-hybridized carbons (Fsp3) is 0.656. The van der Waals surface area contributed by atoms with Crippen molar-refractivity contribution in [3.63, 3.8) is 0 Å². The quantitative estimate of drug-likeness (QED) is 0.128. The van der Waals surface area contributed by atoms with Gasteiger partial charge in [-0.25, -0.2) is 0 Å². The summed E-state index contributed by atoms with van der Waals surface area (Å²) in [6.07, 6.45) is 28.5. The summed E-state index contributed by atoms with van der Waals surface area (Å²) in [4.78, 5) is 11.9. The molecule has 0 atom stereocenters. The van der Waals surface area contributed by atoms with Gasteiger partial charge in [-0.2, -0.15) is 0 Å². The minimum Gasteiger partial charge on any atom is -0.461 e. The zero-order valence-electron chi connectivity index (χ0n) is 23.2. The Kier molecular flexibility index (Phi) is 15.6. The van der Waals surface area contributed by atoms with Crippen molar-refractivity contribution in [2.75, 3.05) is 6.61 Å². The average molecular weight is 469 g/mol. The lowest BCUT2D eigenvalue weighted by Gasteiger charge is -2.32. The number of carbonyl (C=O) groups excluding carboxylic acids is 1. The van der Waals surface area contributed by atoms with Gasteiger partial charge in [0, 0.05) is 6.42 Å². The van der Waals surface area contributed by atoms with Crippen molar-refractivity contribution in [3.05, 3.63) is 58.7 Å². The Hall–Kier alpha value is -1.83. The fourth-order valence-electron chi connectivity index (χ4n) is 4.62. The molecule has 0 N–H and O–H groups in total. The first kappa shape index (κ1) is 30.2. The van der Waals surface area contributed by atoms with Crippen LogP contribution >= 0.6 is 0 Å². The van der Waals surface area contributed by atoms with Crippen LogP contribution in [-0.2, 0) is 9.53 Å². The molecule has 0 aliphatic heterocycles. The average Bonchev–Trinajstić information content (AvgIpc) is 2.77. The molecule has 0 unspecified atom stereocenters. The summed E-state index contributed by atoms with van der Waals surface area (Å²) in [5.74, 6) is -0.0768. The second kappa shape index (κ2) is 17.6. The van der Waals surface area contributed by atoms with Crippen LogP contribution < -0.4 is 0 Å². The molecule has 0 saturated carbocycles. The summed E-state index contributed by atoms with van der Waals surface area (Å²) >= 11 is 0. The molecule has 0 aromatic heterocycles. The molecule has 2 nitrogen and oxygen atoms in total. The highest BCUT2D eigenvalue weighted by atomic mass is 16.5. The van der Waals surface area contributed by atoms with Crippen LogP contribution in [0.4, 0.5) is 0 Å². The van der Waals surface area contributed by atoms with Crippen LogP contribution in [0.3, 0.4) is 0 Å². The number of unbranched alkanes of at least 4 members (excludes halogenated alkanes) is 8. The number of esters is 1. The van der Waals surface area contributed by atoms with Gasteiger partial charge < -0.3 is 4.74 Å². The molecule has 0 amide bonds. The molecular formula is C32H52O2. The minimum absolute atomic E-state index is 0.0768. The zero-order chi connectivity index (χ0) is 25.2. The molecule has 0 spiro atoms. The van der Waals surface area contributed by atoms with Crippen molar-refractivity contribution < 1.29 is 9.53 Å². The van der Waals surface area contributed by atoms with Crippen LogP contribution in [0.15, 0.2) is 58.7 Å². The summed E-state index contributed by atoms with van der Waals surface area (Å²) in [6.45, 7) is 13.8. The van der Waals surface area contributed by atoms with E-state index in [-0.39, 0.29) is 11.4 Å². The van der Waals surface area contributed by atoms with Gasteiger partial charge >= 0.3 is 5.97 Å². The van der Waals surface area contributed by atoms with E-state index in [1.807, 2.05) is 13.0 Å². The third-order valence-electron chi connectivity index (χ3n) is 6.91. The maximum atomic E-state index is 11.9. The van der Waals surface area contributed by atoms with E-state index in [9.17, 15) is 4.79 Å². The first-order valence-electron chi connectivity index (χ1n) is 13.8. The van der Waals surface area contributed by atoms with Crippen molar-refractivity contribution in [1.29, 1.82) is 0 Å². The van der Waals surface area contributed by atoms with Crippen LogP contribution in [0, 0.1) is 5.41 Å². The predicted octanol–water partition coefficient (Wildman–Crippen LogP) is 9.98. The van der Waals surface area contributed by atoms with E-state index in [0.717, 1.165) is 18.4 Å². The van der Waals surface area contributed by atoms with E-state index in [1.54, 1.807) is 0 Å². The summed E-state index contributed by atoms with van der Waals surface area (Å²) in [7, 11) is 0. The van der Waals surface area contributed by atoms with Gasteiger partial charge in [0.15, 0.2) is 0 Å². The van der Waals surface area contributed by atoms with E-state index < -0.39 is 0 Å². The third kappa shape index (κ3) is 13.8. The molecule has 0 bridgehead atoms. The molecular weight excluding hydrogens is 416 g/mol. The number of hydrogen-bond donors (Lipinski definition) is 0. The Bertz CT molecular complexity index is 743. The molecule has 0 radical (unpaired) electrons. The van der Waals surface area contributed by atoms with Gasteiger partial charge in [-0.15, -0.1) is 0 Å². The molecule has 0 aromatic carbocycles. The molecule has 1 rings (SSSR count). The van der Waals surface area contributed by atoms with Crippen LogP contribution in [-0.4, -0.2) is 12.6 Å². The molecule has 1 aliphatic rings. The van der Waals surface area contributed by atoms with Crippen molar-refractivity contribution >= 4 is 5.97 Å². The molecule has 192 valence electrons. The predicted molar refractivity (Wildman–Crippen MR) is 149 cm³/mol. The van der Waals surface area contributed by atoms with Crippen LogP contribution in [0.25, 0.3) is 0 Å². The van der Waals surface area contributed by atoms with E-state index in [4.69, 9.17) is 4.74 Å². The van der Waals surface area contributed by atoms with E-state index in [1.165, 1.54) is 80.9 Å². The molecule has 2 heteroatoms. The highest BCUT2D eigenvalue weighted by Crippen LogP contribution is 2.40. The van der Waals surface area contributed by atoms with Gasteiger partial charge in [0.05, 0.1) is 0 Å². The van der Waals surface area contributed by atoms with E-state index in [2.05, 4.69) is 65.0 Å². The first-order valence-corrected chi connectivity index (χ1v) is 13.8. The second-order valence-corrected chi connectivity index (χ2v) is 10.7. The summed E-state index contributed by atoms with van der Waals surface area (Å²) in [5.41, 5.74) is 5.64. The maximum Gasteiger partial charge on any atom is 0.306 e. The first-order chi connectivity index (χ1) is 16.3. The second-order valence-electron chi connectivity index (χ2n) is 10.7. The lowest BCUT2D eigenvalue weighted by Crippen LogP contribution is -2.19. The summed E-state index contributed by atoms with van der Waals surface area (Å²) in [6, 6.07) is 0. The monoisotopic (exact) mass is 468 g/mol. The topological polar surface area (TPSA) is 26.3 Å². The van der Waals surface area contributed by atoms with Gasteiger partial charge in [0.25, 0.3) is 0 Å². The lowest BCUT2D eigenvalue weighted by atomic mass is 9.72. The summed E-state index contributed by atoms with van der Waals surface area (Å²) < 4.78 is 5.37. The van der Waals surface area contributed by atoms with Crippen LogP contribution in [0.2, 0.25) is 0 Å². The fourth-order valence-corrected chi connectivity index (χ4v) is 4.62. The number of hydrogen-bond acceptors (Lipinski definition) is 2. The Labute approximate surface area is 211 Å². The van der Waals surface area contributed by atoms with Gasteiger partial charge in [-0.1, -0.05) is 119 Å². The zero-order valence-corrected chi connectivity index (χ0v) is 23.2. The molecule has 1 aliphatic carbocycles. The number of carbonyl (C=O) groups is 1. The van der Waals surface area contributed by atoms with Gasteiger partial charge in [-0.3, -0.25) is 4.79 Å². The van der Waals surface area contributed by atoms with Crippen molar-refractivity contribution in [1.82, 2.24) is 0 Å². The maximum absolute atomic E-state index is 11.9. The lowest BCUT2D eigenvalue weighted by molar-refractivity contribution is -0.142. The smallest absolute Gasteiger partial charge is 0.306 e. The highest BCUT2D eigenvalue weighted by Gasteiger charge is 2.26. The SMILES string of the molecule is CCCCCCCCCCCC(=O)OCC=C(C)C=CC=C(C)C=CC1=C(C)CCCC1(C)C.